The zero-order valence-electron chi connectivity index (χ0n) is 9.51. The molecule has 0 unspecified atom stereocenters. The van der Waals surface area contributed by atoms with Crippen molar-refractivity contribution in [1.29, 1.82) is 0 Å². The van der Waals surface area contributed by atoms with Crippen molar-refractivity contribution in [2.45, 2.75) is 45.6 Å². The first-order chi connectivity index (χ1) is 6.70. The van der Waals surface area contributed by atoms with E-state index in [1.165, 1.54) is 25.7 Å². The van der Waals surface area contributed by atoms with E-state index in [0.717, 1.165) is 25.7 Å². The van der Waals surface area contributed by atoms with Crippen LogP contribution in [0, 0.1) is 11.3 Å². The second-order valence-electron chi connectivity index (χ2n) is 5.49. The molecule has 82 valence electrons. The minimum Gasteiger partial charge on any atom is -0.381 e. The molecule has 0 aromatic carbocycles. The minimum atomic E-state index is 0.513. The smallest absolute Gasteiger partial charge is 0.0534 e. The molecule has 14 heavy (non-hydrogen) atoms. The summed E-state index contributed by atoms with van der Waals surface area (Å²) in [6, 6.07) is 0.607. The molecule has 2 aliphatic carbocycles. The van der Waals surface area contributed by atoms with E-state index < -0.39 is 0 Å². The molecule has 0 saturated heterocycles. The summed E-state index contributed by atoms with van der Waals surface area (Å²) < 4.78 is 5.78. The van der Waals surface area contributed by atoms with Crippen LogP contribution in [-0.2, 0) is 4.74 Å². The fraction of sp³-hybridized carbons (Fsp3) is 1.00. The van der Waals surface area contributed by atoms with Crippen molar-refractivity contribution in [3.8, 4) is 0 Å². The number of nitrogens with one attached hydrogen (secondary N) is 1. The van der Waals surface area contributed by atoms with Gasteiger partial charge in [-0.1, -0.05) is 13.8 Å². The van der Waals surface area contributed by atoms with Crippen LogP contribution in [0.25, 0.3) is 0 Å². The van der Waals surface area contributed by atoms with E-state index in [9.17, 15) is 0 Å². The van der Waals surface area contributed by atoms with Gasteiger partial charge in [0.05, 0.1) is 6.61 Å². The highest BCUT2D eigenvalue weighted by molar-refractivity contribution is 4.95. The Morgan fingerprint density at radius 3 is 2.57 bits per heavy atom. The van der Waals surface area contributed by atoms with Gasteiger partial charge in [-0.3, -0.25) is 0 Å². The SMILES string of the molecule is CC(C)NCC1(COCC2CC2)CC1. The predicted octanol–water partition coefficient (Wildman–Crippen LogP) is 2.19. The Morgan fingerprint density at radius 1 is 1.36 bits per heavy atom. The molecule has 0 amide bonds. The molecule has 2 aliphatic rings. The second kappa shape index (κ2) is 4.19. The molecule has 0 bridgehead atoms. The van der Waals surface area contributed by atoms with Gasteiger partial charge in [-0.25, -0.2) is 0 Å². The summed E-state index contributed by atoms with van der Waals surface area (Å²) in [7, 11) is 0. The molecule has 1 N–H and O–H groups in total. The lowest BCUT2D eigenvalue weighted by Crippen LogP contribution is -2.32. The Morgan fingerprint density at radius 2 is 2.07 bits per heavy atom. The van der Waals surface area contributed by atoms with E-state index in [1.807, 2.05) is 0 Å². The first-order valence-corrected chi connectivity index (χ1v) is 6.01. The summed E-state index contributed by atoms with van der Waals surface area (Å²) in [5, 5.41) is 3.52. The van der Waals surface area contributed by atoms with Gasteiger partial charge in [0.1, 0.15) is 0 Å². The van der Waals surface area contributed by atoms with E-state index in [1.54, 1.807) is 0 Å². The van der Waals surface area contributed by atoms with E-state index in [-0.39, 0.29) is 0 Å². The molecule has 0 heterocycles. The largest absolute Gasteiger partial charge is 0.381 e. The van der Waals surface area contributed by atoms with Gasteiger partial charge >= 0.3 is 0 Å². The molecular formula is C12H23NO. The van der Waals surface area contributed by atoms with Crippen LogP contribution in [0.1, 0.15) is 39.5 Å². The average molecular weight is 197 g/mol. The monoisotopic (exact) mass is 197 g/mol. The van der Waals surface area contributed by atoms with Crippen molar-refractivity contribution in [2.24, 2.45) is 11.3 Å². The van der Waals surface area contributed by atoms with E-state index >= 15 is 0 Å². The zero-order valence-corrected chi connectivity index (χ0v) is 9.51. The van der Waals surface area contributed by atoms with Crippen LogP contribution in [0.4, 0.5) is 0 Å². The molecule has 0 aliphatic heterocycles. The zero-order chi connectivity index (χ0) is 10.0. The van der Waals surface area contributed by atoms with Crippen LogP contribution >= 0.6 is 0 Å². The number of rotatable bonds is 7. The summed E-state index contributed by atoms with van der Waals surface area (Å²) in [6.07, 6.45) is 5.52. The molecule has 0 aromatic heterocycles. The number of hydrogen-bond acceptors (Lipinski definition) is 2. The van der Waals surface area contributed by atoms with Crippen molar-refractivity contribution in [3.63, 3.8) is 0 Å². The molecule has 2 nitrogen and oxygen atoms in total. The lowest BCUT2D eigenvalue weighted by molar-refractivity contribution is 0.0813. The molecule has 2 heteroatoms. The molecule has 0 aromatic rings. The van der Waals surface area contributed by atoms with Crippen LogP contribution in [-0.4, -0.2) is 25.8 Å². The molecular weight excluding hydrogens is 174 g/mol. The lowest BCUT2D eigenvalue weighted by atomic mass is 10.1. The Balaban J connectivity index is 1.57. The third kappa shape index (κ3) is 3.25. The van der Waals surface area contributed by atoms with Crippen LogP contribution in [0.15, 0.2) is 0 Å². The van der Waals surface area contributed by atoms with Crippen LogP contribution in [0.2, 0.25) is 0 Å². The Hall–Kier alpha value is -0.0800. The van der Waals surface area contributed by atoms with E-state index in [2.05, 4.69) is 19.2 Å². The first kappa shape index (κ1) is 10.4. The van der Waals surface area contributed by atoms with Gasteiger partial charge in [-0.05, 0) is 31.6 Å². The summed E-state index contributed by atoms with van der Waals surface area (Å²) in [5.41, 5.74) is 0.513. The van der Waals surface area contributed by atoms with Gasteiger partial charge in [0.2, 0.25) is 0 Å². The van der Waals surface area contributed by atoms with Crippen molar-refractivity contribution in [2.75, 3.05) is 19.8 Å². The van der Waals surface area contributed by atoms with Crippen molar-refractivity contribution < 1.29 is 4.74 Å². The number of ether oxygens (including phenoxy) is 1. The van der Waals surface area contributed by atoms with E-state index in [0.29, 0.717) is 11.5 Å². The standard InChI is InChI=1S/C12H23NO/c1-10(2)13-8-12(5-6-12)9-14-7-11-3-4-11/h10-11,13H,3-9H2,1-2H3. The van der Waals surface area contributed by atoms with Gasteiger partial charge in [-0.15, -0.1) is 0 Å². The van der Waals surface area contributed by atoms with Gasteiger partial charge in [0.15, 0.2) is 0 Å². The summed E-state index contributed by atoms with van der Waals surface area (Å²) >= 11 is 0. The number of hydrogen-bond donors (Lipinski definition) is 1. The third-order valence-electron chi connectivity index (χ3n) is 3.30. The summed E-state index contributed by atoms with van der Waals surface area (Å²) in [5.74, 6) is 0.906. The first-order valence-electron chi connectivity index (χ1n) is 6.01. The topological polar surface area (TPSA) is 21.3 Å². The molecule has 2 saturated carbocycles. The highest BCUT2D eigenvalue weighted by Gasteiger charge is 2.42. The summed E-state index contributed by atoms with van der Waals surface area (Å²) in [6.45, 7) is 7.57. The quantitative estimate of drug-likeness (QED) is 0.675. The highest BCUT2D eigenvalue weighted by atomic mass is 16.5. The molecule has 0 atom stereocenters. The van der Waals surface area contributed by atoms with Crippen LogP contribution in [0.5, 0.6) is 0 Å². The highest BCUT2D eigenvalue weighted by Crippen LogP contribution is 2.45. The lowest BCUT2D eigenvalue weighted by Gasteiger charge is -2.18. The average Bonchev–Trinajstić information content (AvgIpc) is 2.96. The Bertz CT molecular complexity index is 183. The van der Waals surface area contributed by atoms with Crippen molar-refractivity contribution in [3.05, 3.63) is 0 Å². The maximum Gasteiger partial charge on any atom is 0.0534 e. The molecule has 2 fully saturated rings. The Labute approximate surface area is 87.4 Å². The van der Waals surface area contributed by atoms with Crippen LogP contribution in [0.3, 0.4) is 0 Å². The van der Waals surface area contributed by atoms with Crippen molar-refractivity contribution >= 4 is 0 Å². The van der Waals surface area contributed by atoms with Gasteiger partial charge < -0.3 is 10.1 Å². The van der Waals surface area contributed by atoms with Gasteiger partial charge in [-0.2, -0.15) is 0 Å². The van der Waals surface area contributed by atoms with Gasteiger partial charge in [0, 0.05) is 24.6 Å². The fourth-order valence-corrected chi connectivity index (χ4v) is 1.70. The van der Waals surface area contributed by atoms with Gasteiger partial charge in [0.25, 0.3) is 0 Å². The van der Waals surface area contributed by atoms with E-state index in [4.69, 9.17) is 4.74 Å². The minimum absolute atomic E-state index is 0.513. The van der Waals surface area contributed by atoms with Crippen molar-refractivity contribution in [1.82, 2.24) is 5.32 Å². The maximum absolute atomic E-state index is 5.78. The summed E-state index contributed by atoms with van der Waals surface area (Å²) in [4.78, 5) is 0. The maximum atomic E-state index is 5.78. The normalized spacial score (nSPS) is 24.2. The third-order valence-corrected chi connectivity index (χ3v) is 3.30. The molecule has 0 spiro atoms. The predicted molar refractivity (Wildman–Crippen MR) is 58.3 cm³/mol. The Kier molecular flexibility index (Phi) is 3.13. The van der Waals surface area contributed by atoms with Crippen LogP contribution < -0.4 is 5.32 Å². The second-order valence-corrected chi connectivity index (χ2v) is 5.49. The molecule has 0 radical (unpaired) electrons. The fourth-order valence-electron chi connectivity index (χ4n) is 1.70. The molecule has 2 rings (SSSR count).